The zero-order chi connectivity index (χ0) is 14.2. The third-order valence-corrected chi connectivity index (χ3v) is 6.04. The maximum absolute atomic E-state index is 11.4. The lowest BCUT2D eigenvalue weighted by Crippen LogP contribution is -2.56. The summed E-state index contributed by atoms with van der Waals surface area (Å²) in [6.45, 7) is 2.63. The number of hydrogen-bond donors (Lipinski definition) is 2. The topological polar surface area (TPSA) is 46.2 Å². The van der Waals surface area contributed by atoms with E-state index < -0.39 is 5.60 Å². The summed E-state index contributed by atoms with van der Waals surface area (Å²) < 4.78 is 0. The SMILES string of the molecule is CC(O)(C1CCCCC1)C1(CN)Cc2ccccc2C1. The van der Waals surface area contributed by atoms with Crippen LogP contribution in [0.15, 0.2) is 24.3 Å². The number of nitrogens with two attached hydrogens (primary N) is 1. The molecule has 0 bridgehead atoms. The fourth-order valence-corrected chi connectivity index (χ4v) is 4.50. The summed E-state index contributed by atoms with van der Waals surface area (Å²) in [5, 5.41) is 11.4. The average molecular weight is 273 g/mol. The maximum Gasteiger partial charge on any atom is 0.0722 e. The standard InChI is InChI=1S/C18H27NO/c1-17(20,16-9-3-2-4-10-16)18(13-19)11-14-7-5-6-8-15(14)12-18/h5-8,16,20H,2-4,9-13,19H2,1H3. The van der Waals surface area contributed by atoms with Crippen molar-refractivity contribution in [2.24, 2.45) is 17.1 Å². The molecule has 0 amide bonds. The Morgan fingerprint density at radius 3 is 2.20 bits per heavy atom. The highest BCUT2D eigenvalue weighted by atomic mass is 16.3. The molecule has 1 aromatic rings. The molecule has 2 aliphatic rings. The van der Waals surface area contributed by atoms with Crippen LogP contribution in [0.25, 0.3) is 0 Å². The minimum Gasteiger partial charge on any atom is -0.389 e. The Kier molecular flexibility index (Phi) is 3.64. The van der Waals surface area contributed by atoms with E-state index in [4.69, 9.17) is 5.73 Å². The maximum atomic E-state index is 11.4. The fraction of sp³-hybridized carbons (Fsp3) is 0.667. The van der Waals surface area contributed by atoms with Gasteiger partial charge in [0.15, 0.2) is 0 Å². The van der Waals surface area contributed by atoms with Crippen molar-refractivity contribution in [1.82, 2.24) is 0 Å². The Hall–Kier alpha value is -0.860. The first kappa shape index (κ1) is 14.1. The number of aliphatic hydroxyl groups is 1. The molecule has 0 saturated heterocycles. The minimum absolute atomic E-state index is 0.168. The molecule has 0 spiro atoms. The Balaban J connectivity index is 1.90. The molecule has 110 valence electrons. The Morgan fingerprint density at radius 2 is 1.70 bits per heavy atom. The summed E-state index contributed by atoms with van der Waals surface area (Å²) in [6, 6.07) is 8.59. The number of rotatable bonds is 3. The van der Waals surface area contributed by atoms with E-state index in [0.29, 0.717) is 12.5 Å². The largest absolute Gasteiger partial charge is 0.389 e. The molecule has 0 radical (unpaired) electrons. The molecule has 2 nitrogen and oxygen atoms in total. The Bertz CT molecular complexity index is 449. The zero-order valence-corrected chi connectivity index (χ0v) is 12.6. The molecule has 1 unspecified atom stereocenters. The van der Waals surface area contributed by atoms with Crippen molar-refractivity contribution in [1.29, 1.82) is 0 Å². The number of benzene rings is 1. The van der Waals surface area contributed by atoms with Gasteiger partial charge in [0.25, 0.3) is 0 Å². The molecule has 3 N–H and O–H groups in total. The molecule has 0 aromatic heterocycles. The average Bonchev–Trinajstić information content (AvgIpc) is 2.88. The van der Waals surface area contributed by atoms with Crippen LogP contribution in [0.3, 0.4) is 0 Å². The predicted molar refractivity (Wildman–Crippen MR) is 82.5 cm³/mol. The highest BCUT2D eigenvalue weighted by Crippen LogP contribution is 2.50. The van der Waals surface area contributed by atoms with Crippen molar-refractivity contribution in [3.63, 3.8) is 0 Å². The first-order valence-corrected chi connectivity index (χ1v) is 8.08. The van der Waals surface area contributed by atoms with Crippen LogP contribution in [0.2, 0.25) is 0 Å². The van der Waals surface area contributed by atoms with E-state index in [9.17, 15) is 5.11 Å². The molecule has 2 heteroatoms. The zero-order valence-electron chi connectivity index (χ0n) is 12.6. The van der Waals surface area contributed by atoms with E-state index in [1.54, 1.807) is 0 Å². The normalized spacial score (nSPS) is 25.1. The second-order valence-electron chi connectivity index (χ2n) is 7.09. The van der Waals surface area contributed by atoms with Crippen LogP contribution in [-0.4, -0.2) is 17.3 Å². The van der Waals surface area contributed by atoms with Gasteiger partial charge in [-0.2, -0.15) is 0 Å². The van der Waals surface area contributed by atoms with Gasteiger partial charge in [-0.05, 0) is 49.7 Å². The molecule has 0 heterocycles. The summed E-state index contributed by atoms with van der Waals surface area (Å²) in [4.78, 5) is 0. The van der Waals surface area contributed by atoms with Crippen LogP contribution in [0.1, 0.15) is 50.2 Å². The molecular formula is C18H27NO. The predicted octanol–water partition coefficient (Wildman–Crippen LogP) is 3.06. The molecule has 2 aliphatic carbocycles. The molecular weight excluding hydrogens is 246 g/mol. The quantitative estimate of drug-likeness (QED) is 0.889. The first-order chi connectivity index (χ1) is 9.59. The van der Waals surface area contributed by atoms with E-state index in [0.717, 1.165) is 25.7 Å². The lowest BCUT2D eigenvalue weighted by atomic mass is 9.61. The van der Waals surface area contributed by atoms with E-state index in [1.807, 2.05) is 0 Å². The van der Waals surface area contributed by atoms with Crippen molar-refractivity contribution < 1.29 is 5.11 Å². The van der Waals surface area contributed by atoms with E-state index in [2.05, 4.69) is 31.2 Å². The van der Waals surface area contributed by atoms with Crippen LogP contribution in [-0.2, 0) is 12.8 Å². The third kappa shape index (κ3) is 2.10. The van der Waals surface area contributed by atoms with Crippen LogP contribution in [0, 0.1) is 11.3 Å². The monoisotopic (exact) mass is 273 g/mol. The molecule has 1 saturated carbocycles. The van der Waals surface area contributed by atoms with Gasteiger partial charge in [-0.15, -0.1) is 0 Å². The van der Waals surface area contributed by atoms with Crippen molar-refractivity contribution in [3.05, 3.63) is 35.4 Å². The second-order valence-corrected chi connectivity index (χ2v) is 7.09. The lowest BCUT2D eigenvalue weighted by Gasteiger charge is -2.48. The number of hydrogen-bond acceptors (Lipinski definition) is 2. The van der Waals surface area contributed by atoms with Gasteiger partial charge in [0.05, 0.1) is 5.60 Å². The summed E-state index contributed by atoms with van der Waals surface area (Å²) >= 11 is 0. The highest BCUT2D eigenvalue weighted by molar-refractivity contribution is 5.36. The smallest absolute Gasteiger partial charge is 0.0722 e. The van der Waals surface area contributed by atoms with Crippen molar-refractivity contribution in [2.75, 3.05) is 6.54 Å². The second kappa shape index (κ2) is 5.16. The van der Waals surface area contributed by atoms with Gasteiger partial charge in [-0.25, -0.2) is 0 Å². The van der Waals surface area contributed by atoms with Crippen molar-refractivity contribution in [2.45, 2.75) is 57.5 Å². The van der Waals surface area contributed by atoms with Crippen molar-refractivity contribution in [3.8, 4) is 0 Å². The van der Waals surface area contributed by atoms with Crippen LogP contribution in [0.5, 0.6) is 0 Å². The molecule has 1 atom stereocenters. The van der Waals surface area contributed by atoms with Gasteiger partial charge in [0.2, 0.25) is 0 Å². The summed E-state index contributed by atoms with van der Waals surface area (Å²) in [6.07, 6.45) is 8.02. The molecule has 3 rings (SSSR count). The van der Waals surface area contributed by atoms with Gasteiger partial charge in [0.1, 0.15) is 0 Å². The third-order valence-electron chi connectivity index (χ3n) is 6.04. The van der Waals surface area contributed by atoms with Gasteiger partial charge in [-0.1, -0.05) is 43.5 Å². The van der Waals surface area contributed by atoms with E-state index in [-0.39, 0.29) is 5.41 Å². The van der Waals surface area contributed by atoms with Gasteiger partial charge in [-0.3, -0.25) is 0 Å². The minimum atomic E-state index is -0.652. The first-order valence-electron chi connectivity index (χ1n) is 8.08. The molecule has 0 aliphatic heterocycles. The molecule has 1 aromatic carbocycles. The molecule has 1 fully saturated rings. The van der Waals surface area contributed by atoms with Gasteiger partial charge in [0, 0.05) is 12.0 Å². The fourth-order valence-electron chi connectivity index (χ4n) is 4.50. The van der Waals surface area contributed by atoms with E-state index >= 15 is 0 Å². The van der Waals surface area contributed by atoms with E-state index in [1.165, 1.54) is 30.4 Å². The van der Waals surface area contributed by atoms with Gasteiger partial charge >= 0.3 is 0 Å². The van der Waals surface area contributed by atoms with Crippen molar-refractivity contribution >= 4 is 0 Å². The highest BCUT2D eigenvalue weighted by Gasteiger charge is 2.53. The number of fused-ring (bicyclic) bond motifs is 1. The summed E-state index contributed by atoms with van der Waals surface area (Å²) in [7, 11) is 0. The Labute approximate surface area is 122 Å². The van der Waals surface area contributed by atoms with Crippen LogP contribution >= 0.6 is 0 Å². The molecule has 20 heavy (non-hydrogen) atoms. The van der Waals surface area contributed by atoms with Crippen LogP contribution < -0.4 is 5.73 Å². The lowest BCUT2D eigenvalue weighted by molar-refractivity contribution is -0.115. The summed E-state index contributed by atoms with van der Waals surface area (Å²) in [5.74, 6) is 0.411. The summed E-state index contributed by atoms with van der Waals surface area (Å²) in [5.41, 5.74) is 8.13. The van der Waals surface area contributed by atoms with Gasteiger partial charge < -0.3 is 10.8 Å². The van der Waals surface area contributed by atoms with Crippen LogP contribution in [0.4, 0.5) is 0 Å². The Morgan fingerprint density at radius 1 is 1.15 bits per heavy atom.